The zero-order valence-electron chi connectivity index (χ0n) is 20.3. The summed E-state index contributed by atoms with van der Waals surface area (Å²) >= 11 is 1.18. The molecule has 0 fully saturated rings. The summed E-state index contributed by atoms with van der Waals surface area (Å²) in [6, 6.07) is 21.2. The first-order chi connectivity index (χ1) is 18.5. The molecule has 6 nitrogen and oxygen atoms in total. The van der Waals surface area contributed by atoms with E-state index in [2.05, 4.69) is 15.3 Å². The van der Waals surface area contributed by atoms with Crippen LogP contribution in [0.5, 0.6) is 0 Å². The van der Waals surface area contributed by atoms with E-state index < -0.39 is 23.3 Å². The number of nitrogens with one attached hydrogen (secondary N) is 2. The molecule has 0 saturated carbocycles. The van der Waals surface area contributed by atoms with Crippen LogP contribution < -0.4 is 10.9 Å². The molecule has 1 aliphatic heterocycles. The van der Waals surface area contributed by atoms with Gasteiger partial charge in [0.05, 0.1) is 29.4 Å². The molecule has 192 valence electrons. The Hall–Kier alpha value is -4.24. The molecule has 0 spiro atoms. The van der Waals surface area contributed by atoms with Crippen LogP contribution in [0.25, 0.3) is 5.70 Å². The van der Waals surface area contributed by atoms with E-state index in [0.717, 1.165) is 0 Å². The van der Waals surface area contributed by atoms with Crippen LogP contribution in [0.1, 0.15) is 35.1 Å². The second-order valence-electron chi connectivity index (χ2n) is 8.50. The highest BCUT2D eigenvalue weighted by Crippen LogP contribution is 2.43. The molecular formula is C29H23F2N3O3S. The maximum Gasteiger partial charge on any atom is 0.337 e. The van der Waals surface area contributed by atoms with E-state index in [9.17, 15) is 18.4 Å². The van der Waals surface area contributed by atoms with Crippen LogP contribution in [0.15, 0.2) is 94.4 Å². The van der Waals surface area contributed by atoms with E-state index in [-0.39, 0.29) is 40.3 Å². The SMILES string of the molecule is CCOC(=O)C1=C(c2ccccc2)Nc2nc(SCc3ccccc3F)[nH]c(=O)c2C1c1ccc(F)cc1. The summed E-state index contributed by atoms with van der Waals surface area (Å²) in [5, 5.41) is 3.48. The van der Waals surface area contributed by atoms with Crippen molar-refractivity contribution in [3.8, 4) is 0 Å². The number of hydrogen-bond acceptors (Lipinski definition) is 6. The first-order valence-corrected chi connectivity index (χ1v) is 12.9. The topological polar surface area (TPSA) is 84.1 Å². The van der Waals surface area contributed by atoms with Crippen LogP contribution >= 0.6 is 11.8 Å². The largest absolute Gasteiger partial charge is 0.463 e. The minimum Gasteiger partial charge on any atom is -0.463 e. The van der Waals surface area contributed by atoms with E-state index >= 15 is 0 Å². The number of nitrogens with zero attached hydrogens (tertiary/aromatic N) is 1. The van der Waals surface area contributed by atoms with Gasteiger partial charge in [-0.1, -0.05) is 72.4 Å². The lowest BCUT2D eigenvalue weighted by molar-refractivity contribution is -0.138. The number of aromatic nitrogens is 2. The number of anilines is 1. The summed E-state index contributed by atoms with van der Waals surface area (Å²) in [5.41, 5.74) is 2.09. The lowest BCUT2D eigenvalue weighted by Crippen LogP contribution is -2.31. The monoisotopic (exact) mass is 531 g/mol. The van der Waals surface area contributed by atoms with Crippen molar-refractivity contribution in [1.82, 2.24) is 9.97 Å². The quantitative estimate of drug-likeness (QED) is 0.176. The summed E-state index contributed by atoms with van der Waals surface area (Å²) in [5.74, 6) is -1.75. The summed E-state index contributed by atoms with van der Waals surface area (Å²) < 4.78 is 33.4. The van der Waals surface area contributed by atoms with E-state index in [0.29, 0.717) is 22.4 Å². The average molecular weight is 532 g/mol. The lowest BCUT2D eigenvalue weighted by Gasteiger charge is -2.30. The molecule has 0 aliphatic carbocycles. The maximum absolute atomic E-state index is 14.1. The maximum atomic E-state index is 14.1. The van der Waals surface area contributed by atoms with Gasteiger partial charge in [-0.25, -0.2) is 18.6 Å². The number of carbonyl (C=O) groups is 1. The van der Waals surface area contributed by atoms with Gasteiger partial charge in [0.2, 0.25) is 0 Å². The second kappa shape index (κ2) is 11.0. The fourth-order valence-corrected chi connectivity index (χ4v) is 5.23. The fraction of sp³-hybridized carbons (Fsp3) is 0.138. The first-order valence-electron chi connectivity index (χ1n) is 12.0. The minimum absolute atomic E-state index is 0.133. The Balaban J connectivity index is 1.66. The molecule has 0 bridgehead atoms. The van der Waals surface area contributed by atoms with Gasteiger partial charge in [0.25, 0.3) is 5.56 Å². The number of esters is 1. The van der Waals surface area contributed by atoms with Crippen LogP contribution in [0.4, 0.5) is 14.6 Å². The average Bonchev–Trinajstić information content (AvgIpc) is 2.92. The Labute approximate surface area is 221 Å². The van der Waals surface area contributed by atoms with E-state index in [1.165, 1.54) is 42.1 Å². The van der Waals surface area contributed by atoms with Crippen LogP contribution in [0.3, 0.4) is 0 Å². The minimum atomic E-state index is -0.872. The van der Waals surface area contributed by atoms with Gasteiger partial charge < -0.3 is 15.0 Å². The summed E-state index contributed by atoms with van der Waals surface area (Å²) in [4.78, 5) is 34.3. The van der Waals surface area contributed by atoms with E-state index in [4.69, 9.17) is 4.74 Å². The Bertz CT molecular complexity index is 1570. The highest BCUT2D eigenvalue weighted by atomic mass is 32.2. The Morgan fingerprint density at radius 3 is 2.42 bits per heavy atom. The number of fused-ring (bicyclic) bond motifs is 1. The van der Waals surface area contributed by atoms with Crippen LogP contribution in [-0.4, -0.2) is 22.5 Å². The van der Waals surface area contributed by atoms with Gasteiger partial charge in [-0.05, 0) is 41.8 Å². The molecule has 3 aromatic carbocycles. The number of rotatable bonds is 7. The number of thioether (sulfide) groups is 1. The number of ether oxygens (including phenoxy) is 1. The smallest absolute Gasteiger partial charge is 0.337 e. The zero-order valence-corrected chi connectivity index (χ0v) is 21.1. The molecule has 1 aromatic heterocycles. The number of benzene rings is 3. The summed E-state index contributed by atoms with van der Waals surface area (Å²) in [6.07, 6.45) is 0. The van der Waals surface area contributed by atoms with Gasteiger partial charge in [-0.3, -0.25) is 4.79 Å². The lowest BCUT2D eigenvalue weighted by atomic mass is 9.81. The zero-order chi connectivity index (χ0) is 26.6. The third-order valence-electron chi connectivity index (χ3n) is 6.11. The number of halogens is 2. The Morgan fingerprint density at radius 2 is 1.71 bits per heavy atom. The molecule has 9 heteroatoms. The predicted octanol–water partition coefficient (Wildman–Crippen LogP) is 5.87. The van der Waals surface area contributed by atoms with Gasteiger partial charge >= 0.3 is 5.97 Å². The molecule has 1 atom stereocenters. The Morgan fingerprint density at radius 1 is 1.00 bits per heavy atom. The van der Waals surface area contributed by atoms with Crippen LogP contribution in [-0.2, 0) is 15.3 Å². The summed E-state index contributed by atoms with van der Waals surface area (Å²) in [6.45, 7) is 1.83. The van der Waals surface area contributed by atoms with E-state index in [1.54, 1.807) is 25.1 Å². The molecule has 2 heterocycles. The molecule has 5 rings (SSSR count). The molecule has 4 aromatic rings. The van der Waals surface area contributed by atoms with Crippen LogP contribution in [0, 0.1) is 11.6 Å². The van der Waals surface area contributed by atoms with Gasteiger partial charge in [0.1, 0.15) is 17.5 Å². The third-order valence-corrected chi connectivity index (χ3v) is 7.03. The highest BCUT2D eigenvalue weighted by Gasteiger charge is 2.38. The molecule has 0 amide bonds. The normalized spacial score (nSPS) is 14.6. The molecular weight excluding hydrogens is 508 g/mol. The van der Waals surface area contributed by atoms with Crippen molar-refractivity contribution >= 4 is 29.2 Å². The molecule has 38 heavy (non-hydrogen) atoms. The van der Waals surface area contributed by atoms with Crippen LogP contribution in [0.2, 0.25) is 0 Å². The Kier molecular flexibility index (Phi) is 7.37. The van der Waals surface area contributed by atoms with Gasteiger partial charge in [-0.15, -0.1) is 0 Å². The van der Waals surface area contributed by atoms with Gasteiger partial charge in [0.15, 0.2) is 5.16 Å². The van der Waals surface area contributed by atoms with Crippen molar-refractivity contribution in [1.29, 1.82) is 0 Å². The van der Waals surface area contributed by atoms with Gasteiger partial charge in [0, 0.05) is 5.75 Å². The molecule has 2 N–H and O–H groups in total. The second-order valence-corrected chi connectivity index (χ2v) is 9.46. The summed E-state index contributed by atoms with van der Waals surface area (Å²) in [7, 11) is 0. The molecule has 0 radical (unpaired) electrons. The number of aromatic amines is 1. The molecule has 1 unspecified atom stereocenters. The third kappa shape index (κ3) is 5.10. The van der Waals surface area contributed by atoms with Crippen molar-refractivity contribution < 1.29 is 18.3 Å². The number of hydrogen-bond donors (Lipinski definition) is 2. The van der Waals surface area contributed by atoms with Crippen molar-refractivity contribution in [3.05, 3.63) is 129 Å². The van der Waals surface area contributed by atoms with Crippen molar-refractivity contribution in [2.45, 2.75) is 23.8 Å². The fourth-order valence-electron chi connectivity index (χ4n) is 4.38. The highest BCUT2D eigenvalue weighted by molar-refractivity contribution is 7.98. The van der Waals surface area contributed by atoms with E-state index in [1.807, 2.05) is 30.3 Å². The standard InChI is InChI=1S/C29H23F2N3O3S/c1-2-37-28(36)23-22(17-12-14-20(30)15-13-17)24-26(32-25(23)18-8-4-3-5-9-18)33-29(34-27(24)35)38-16-19-10-6-7-11-21(19)31/h3-15,22H,2,16H2,1H3,(H2,32,33,34,35). The number of carbonyl (C=O) groups excluding carboxylic acids is 1. The number of H-pyrrole nitrogens is 1. The van der Waals surface area contributed by atoms with Crippen molar-refractivity contribution in [3.63, 3.8) is 0 Å². The van der Waals surface area contributed by atoms with Gasteiger partial charge in [-0.2, -0.15) is 0 Å². The molecule has 0 saturated heterocycles. The first kappa shape index (κ1) is 25.4. The predicted molar refractivity (Wildman–Crippen MR) is 143 cm³/mol. The van der Waals surface area contributed by atoms with Crippen molar-refractivity contribution in [2.24, 2.45) is 0 Å². The molecule has 1 aliphatic rings. The van der Waals surface area contributed by atoms with Crippen molar-refractivity contribution in [2.75, 3.05) is 11.9 Å².